The van der Waals surface area contributed by atoms with E-state index in [-0.39, 0.29) is 12.1 Å². The Morgan fingerprint density at radius 3 is 2.63 bits per heavy atom. The lowest BCUT2D eigenvalue weighted by Crippen LogP contribution is -2.51. The Balaban J connectivity index is 2.70. The molecule has 1 saturated carbocycles. The summed E-state index contributed by atoms with van der Waals surface area (Å²) in [5.74, 6) is -0.835. The molecule has 0 bridgehead atoms. The van der Waals surface area contributed by atoms with Crippen LogP contribution in [0.5, 0.6) is 0 Å². The second-order valence-electron chi connectivity index (χ2n) is 5.59. The fraction of sp³-hybridized carbons (Fsp3) is 0.714. The molecule has 108 valence electrons. The summed E-state index contributed by atoms with van der Waals surface area (Å²) in [4.78, 5) is 25.2. The third kappa shape index (κ3) is 3.49. The predicted octanol–water partition coefficient (Wildman–Crippen LogP) is 2.24. The monoisotopic (exact) mass is 268 g/mol. The molecule has 0 aromatic carbocycles. The van der Waals surface area contributed by atoms with Crippen molar-refractivity contribution in [1.29, 1.82) is 0 Å². The standard InChI is InChI=1S/C14H24N2O3/c1-5-16(9-10(2)3)13(19)15-11-7-6-8-14(11,4)12(17)18/h11H,2,5-9H2,1,3-4H3,(H,15,19)(H,17,18). The van der Waals surface area contributed by atoms with Crippen LogP contribution in [0.25, 0.3) is 0 Å². The second-order valence-corrected chi connectivity index (χ2v) is 5.59. The number of urea groups is 1. The molecule has 2 atom stereocenters. The zero-order chi connectivity index (χ0) is 14.6. The number of rotatable bonds is 5. The molecule has 0 aliphatic heterocycles. The molecule has 0 aromatic rings. The summed E-state index contributed by atoms with van der Waals surface area (Å²) in [5, 5.41) is 12.2. The molecule has 1 aliphatic carbocycles. The average Bonchev–Trinajstić information content (AvgIpc) is 2.69. The van der Waals surface area contributed by atoms with Crippen LogP contribution < -0.4 is 5.32 Å². The van der Waals surface area contributed by atoms with Crippen LogP contribution in [0, 0.1) is 5.41 Å². The molecule has 0 radical (unpaired) electrons. The van der Waals surface area contributed by atoms with Crippen LogP contribution in [0.1, 0.15) is 40.0 Å². The molecule has 5 heteroatoms. The number of nitrogens with one attached hydrogen (secondary N) is 1. The fourth-order valence-corrected chi connectivity index (χ4v) is 2.55. The van der Waals surface area contributed by atoms with E-state index < -0.39 is 11.4 Å². The summed E-state index contributed by atoms with van der Waals surface area (Å²) < 4.78 is 0. The first-order chi connectivity index (χ1) is 8.81. The number of aliphatic carboxylic acids is 1. The van der Waals surface area contributed by atoms with E-state index in [0.717, 1.165) is 18.4 Å². The maximum absolute atomic E-state index is 12.2. The van der Waals surface area contributed by atoms with Gasteiger partial charge in [0.05, 0.1) is 5.41 Å². The molecule has 19 heavy (non-hydrogen) atoms. The maximum atomic E-state index is 12.2. The Kier molecular flexibility index (Phi) is 4.97. The van der Waals surface area contributed by atoms with Gasteiger partial charge >= 0.3 is 12.0 Å². The molecule has 2 amide bonds. The topological polar surface area (TPSA) is 69.6 Å². The van der Waals surface area contributed by atoms with Crippen molar-refractivity contribution in [2.45, 2.75) is 46.1 Å². The number of nitrogens with zero attached hydrogens (tertiary/aromatic N) is 1. The van der Waals surface area contributed by atoms with Gasteiger partial charge in [0.2, 0.25) is 0 Å². The highest BCUT2D eigenvalue weighted by Crippen LogP contribution is 2.38. The third-order valence-electron chi connectivity index (χ3n) is 3.87. The first-order valence-corrected chi connectivity index (χ1v) is 6.74. The number of hydrogen-bond donors (Lipinski definition) is 2. The number of carboxylic acids is 1. The van der Waals surface area contributed by atoms with E-state index >= 15 is 0 Å². The SMILES string of the molecule is C=C(C)CN(CC)C(=O)NC1CCCC1(C)C(=O)O. The minimum Gasteiger partial charge on any atom is -0.481 e. The van der Waals surface area contributed by atoms with Crippen molar-refractivity contribution in [3.63, 3.8) is 0 Å². The molecule has 0 spiro atoms. The minimum absolute atomic E-state index is 0.204. The Bertz CT molecular complexity index is 381. The average molecular weight is 268 g/mol. The molecule has 0 saturated heterocycles. The van der Waals surface area contributed by atoms with Crippen LogP contribution in [-0.4, -0.2) is 41.1 Å². The van der Waals surface area contributed by atoms with E-state index in [1.807, 2.05) is 13.8 Å². The highest BCUT2D eigenvalue weighted by molar-refractivity contribution is 5.79. The van der Waals surface area contributed by atoms with E-state index in [1.165, 1.54) is 0 Å². The molecule has 1 aliphatic rings. The summed E-state index contributed by atoms with van der Waals surface area (Å²) in [6, 6.07) is -0.499. The normalized spacial score (nSPS) is 25.9. The van der Waals surface area contributed by atoms with Crippen molar-refractivity contribution in [3.05, 3.63) is 12.2 Å². The van der Waals surface area contributed by atoms with Crippen molar-refractivity contribution in [2.24, 2.45) is 5.41 Å². The highest BCUT2D eigenvalue weighted by atomic mass is 16.4. The lowest BCUT2D eigenvalue weighted by molar-refractivity contribution is -0.148. The van der Waals surface area contributed by atoms with Gasteiger partial charge < -0.3 is 15.3 Å². The van der Waals surface area contributed by atoms with Gasteiger partial charge in [-0.05, 0) is 33.6 Å². The first kappa shape index (κ1) is 15.5. The van der Waals surface area contributed by atoms with Gasteiger partial charge in [0.25, 0.3) is 0 Å². The Morgan fingerprint density at radius 2 is 2.16 bits per heavy atom. The molecule has 1 rings (SSSR count). The summed E-state index contributed by atoms with van der Waals surface area (Å²) in [7, 11) is 0. The van der Waals surface area contributed by atoms with Gasteiger partial charge in [-0.25, -0.2) is 4.79 Å². The quantitative estimate of drug-likeness (QED) is 0.751. The van der Waals surface area contributed by atoms with Crippen molar-refractivity contribution >= 4 is 12.0 Å². The van der Waals surface area contributed by atoms with Crippen LogP contribution in [0.2, 0.25) is 0 Å². The summed E-state index contributed by atoms with van der Waals surface area (Å²) in [6.45, 7) is 10.4. The van der Waals surface area contributed by atoms with Crippen molar-refractivity contribution in [3.8, 4) is 0 Å². The molecule has 0 aromatic heterocycles. The van der Waals surface area contributed by atoms with Gasteiger partial charge in [-0.2, -0.15) is 0 Å². The van der Waals surface area contributed by atoms with E-state index in [9.17, 15) is 14.7 Å². The smallest absolute Gasteiger partial charge is 0.317 e. The molecule has 2 unspecified atom stereocenters. The molecular formula is C14H24N2O3. The molecule has 2 N–H and O–H groups in total. The number of carboxylic acid groups (broad SMARTS) is 1. The maximum Gasteiger partial charge on any atom is 0.317 e. The number of carbonyl (C=O) groups is 2. The lowest BCUT2D eigenvalue weighted by Gasteiger charge is -2.30. The molecule has 1 fully saturated rings. The first-order valence-electron chi connectivity index (χ1n) is 6.74. The van der Waals surface area contributed by atoms with Crippen molar-refractivity contribution in [2.75, 3.05) is 13.1 Å². The van der Waals surface area contributed by atoms with E-state index in [1.54, 1.807) is 11.8 Å². The Morgan fingerprint density at radius 1 is 1.53 bits per heavy atom. The Hall–Kier alpha value is -1.52. The van der Waals surface area contributed by atoms with E-state index in [0.29, 0.717) is 19.5 Å². The largest absolute Gasteiger partial charge is 0.481 e. The van der Waals surface area contributed by atoms with Gasteiger partial charge in [0.1, 0.15) is 0 Å². The lowest BCUT2D eigenvalue weighted by atomic mass is 9.85. The summed E-state index contributed by atoms with van der Waals surface area (Å²) in [5.41, 5.74) is 0.0580. The van der Waals surface area contributed by atoms with Crippen LogP contribution in [0.3, 0.4) is 0 Å². The summed E-state index contributed by atoms with van der Waals surface area (Å²) >= 11 is 0. The van der Waals surface area contributed by atoms with Gasteiger partial charge in [-0.1, -0.05) is 18.6 Å². The van der Waals surface area contributed by atoms with E-state index in [2.05, 4.69) is 11.9 Å². The van der Waals surface area contributed by atoms with E-state index in [4.69, 9.17) is 0 Å². The number of hydrogen-bond acceptors (Lipinski definition) is 2. The van der Waals surface area contributed by atoms with Crippen LogP contribution in [0.4, 0.5) is 4.79 Å². The predicted molar refractivity (Wildman–Crippen MR) is 74.0 cm³/mol. The van der Waals surface area contributed by atoms with Crippen LogP contribution in [0.15, 0.2) is 12.2 Å². The molecule has 5 nitrogen and oxygen atoms in total. The van der Waals surface area contributed by atoms with Crippen molar-refractivity contribution < 1.29 is 14.7 Å². The van der Waals surface area contributed by atoms with Gasteiger partial charge in [-0.15, -0.1) is 0 Å². The second kappa shape index (κ2) is 6.08. The third-order valence-corrected chi connectivity index (χ3v) is 3.87. The zero-order valence-electron chi connectivity index (χ0n) is 12.0. The van der Waals surface area contributed by atoms with Crippen molar-refractivity contribution in [1.82, 2.24) is 10.2 Å². The zero-order valence-corrected chi connectivity index (χ0v) is 12.0. The molecular weight excluding hydrogens is 244 g/mol. The minimum atomic E-state index is -0.849. The number of carbonyl (C=O) groups excluding carboxylic acids is 1. The fourth-order valence-electron chi connectivity index (χ4n) is 2.55. The number of amides is 2. The van der Waals surface area contributed by atoms with Crippen LogP contribution >= 0.6 is 0 Å². The van der Waals surface area contributed by atoms with Gasteiger partial charge in [-0.3, -0.25) is 4.79 Å². The molecule has 0 heterocycles. The van der Waals surface area contributed by atoms with Crippen LogP contribution in [-0.2, 0) is 4.79 Å². The number of likely N-dealkylation sites (N-methyl/N-ethyl adjacent to an activating group) is 1. The van der Waals surface area contributed by atoms with Gasteiger partial charge in [0.15, 0.2) is 0 Å². The van der Waals surface area contributed by atoms with Gasteiger partial charge in [0, 0.05) is 19.1 Å². The summed E-state index contributed by atoms with van der Waals surface area (Å²) in [6.07, 6.45) is 2.17. The Labute approximate surface area is 114 Å². The highest BCUT2D eigenvalue weighted by Gasteiger charge is 2.46.